The summed E-state index contributed by atoms with van der Waals surface area (Å²) in [5, 5.41) is 33.5. The van der Waals surface area contributed by atoms with Crippen LogP contribution >= 0.6 is 31.9 Å². The Morgan fingerprint density at radius 2 is 1.20 bits per heavy atom. The normalized spacial score (nSPS) is 13.8. The van der Waals surface area contributed by atoms with Crippen molar-refractivity contribution < 1.29 is 29.6 Å². The number of aromatic carboxylic acids is 1. The number of carbonyl (C=O) groups is 2. The number of carboxylic acids is 1. The second kappa shape index (κ2) is 12.6. The molecule has 1 aliphatic heterocycles. The van der Waals surface area contributed by atoms with Gasteiger partial charge in [-0.05, 0) is 78.3 Å². The summed E-state index contributed by atoms with van der Waals surface area (Å²) in [6.45, 7) is 8.23. The standard InChI is InChI=1S/C33H36Br2O6/c1-5-9-19-21(11-7-3)29(27(36)16-25(19)34)33(24-15-18(31(38)39)13-14-23(24)32(40)41-33)30-22(12-8-4)20(10-6-2)26(35)17-28(30)37/h13-17,36-37H,5-12H2,1-4H3,(H,38,39). The van der Waals surface area contributed by atoms with Crippen LogP contribution in [-0.2, 0) is 36.0 Å². The van der Waals surface area contributed by atoms with Gasteiger partial charge in [0, 0.05) is 14.5 Å². The number of esters is 1. The van der Waals surface area contributed by atoms with E-state index in [2.05, 4.69) is 45.7 Å². The summed E-state index contributed by atoms with van der Waals surface area (Å²) >= 11 is 7.31. The number of phenolic OH excluding ortho intramolecular Hbond substituents is 2. The maximum absolute atomic E-state index is 13.7. The van der Waals surface area contributed by atoms with Crippen molar-refractivity contribution in [2.45, 2.75) is 84.7 Å². The van der Waals surface area contributed by atoms with Crippen molar-refractivity contribution in [2.24, 2.45) is 0 Å². The average molecular weight is 688 g/mol. The van der Waals surface area contributed by atoms with Crippen LogP contribution in [0.15, 0.2) is 39.3 Å². The molecule has 0 aromatic heterocycles. The maximum Gasteiger partial charge on any atom is 0.340 e. The van der Waals surface area contributed by atoms with Gasteiger partial charge in [0.1, 0.15) is 11.5 Å². The number of fused-ring (bicyclic) bond motifs is 1. The van der Waals surface area contributed by atoms with Crippen LogP contribution in [0.5, 0.6) is 11.5 Å². The molecule has 3 aromatic carbocycles. The Morgan fingerprint density at radius 1 is 0.756 bits per heavy atom. The molecule has 0 atom stereocenters. The van der Waals surface area contributed by atoms with Gasteiger partial charge in [0.15, 0.2) is 5.60 Å². The van der Waals surface area contributed by atoms with E-state index in [0.29, 0.717) is 42.4 Å². The van der Waals surface area contributed by atoms with Gasteiger partial charge >= 0.3 is 11.9 Å². The maximum atomic E-state index is 13.7. The first-order valence-electron chi connectivity index (χ1n) is 14.3. The van der Waals surface area contributed by atoms with E-state index in [-0.39, 0.29) is 22.6 Å². The van der Waals surface area contributed by atoms with E-state index < -0.39 is 17.5 Å². The molecule has 0 saturated carbocycles. The quantitative estimate of drug-likeness (QED) is 0.175. The van der Waals surface area contributed by atoms with Crippen molar-refractivity contribution in [1.29, 1.82) is 0 Å². The summed E-state index contributed by atoms with van der Waals surface area (Å²) in [5.41, 5.74) is 3.09. The third-order valence-electron chi connectivity index (χ3n) is 7.76. The molecule has 0 amide bonds. The molecule has 0 unspecified atom stereocenters. The summed E-state index contributed by atoms with van der Waals surface area (Å²) in [6.07, 6.45) is 5.77. The fraction of sp³-hybridized carbons (Fsp3) is 0.394. The minimum Gasteiger partial charge on any atom is -0.507 e. The zero-order valence-corrected chi connectivity index (χ0v) is 27.0. The Balaban J connectivity index is 2.32. The van der Waals surface area contributed by atoms with Crippen molar-refractivity contribution in [2.75, 3.05) is 0 Å². The third-order valence-corrected chi connectivity index (χ3v) is 9.18. The topological polar surface area (TPSA) is 104 Å². The predicted octanol–water partition coefficient (Wildman–Crippen LogP) is 8.59. The number of carboxylic acid groups (broad SMARTS) is 1. The van der Waals surface area contributed by atoms with Crippen molar-refractivity contribution >= 4 is 43.8 Å². The second-order valence-electron chi connectivity index (χ2n) is 10.6. The molecule has 3 aromatic rings. The summed E-state index contributed by atoms with van der Waals surface area (Å²) in [4.78, 5) is 25.8. The third kappa shape index (κ3) is 5.29. The van der Waals surface area contributed by atoms with Crippen LogP contribution in [0.2, 0.25) is 0 Å². The molecule has 0 spiro atoms. The van der Waals surface area contributed by atoms with E-state index in [1.165, 1.54) is 18.2 Å². The molecule has 8 heteroatoms. The smallest absolute Gasteiger partial charge is 0.340 e. The van der Waals surface area contributed by atoms with Gasteiger partial charge in [-0.15, -0.1) is 0 Å². The lowest BCUT2D eigenvalue weighted by Gasteiger charge is -2.36. The Morgan fingerprint density at radius 3 is 1.61 bits per heavy atom. The van der Waals surface area contributed by atoms with E-state index in [1.54, 1.807) is 12.1 Å². The van der Waals surface area contributed by atoms with Crippen LogP contribution in [0.3, 0.4) is 0 Å². The largest absolute Gasteiger partial charge is 0.507 e. The molecule has 6 nitrogen and oxygen atoms in total. The van der Waals surface area contributed by atoms with Crippen LogP contribution < -0.4 is 0 Å². The summed E-state index contributed by atoms with van der Waals surface area (Å²) in [7, 11) is 0. The Kier molecular flexibility index (Phi) is 9.54. The van der Waals surface area contributed by atoms with Crippen molar-refractivity contribution in [3.8, 4) is 11.5 Å². The highest BCUT2D eigenvalue weighted by molar-refractivity contribution is 9.10. The lowest BCUT2D eigenvalue weighted by Crippen LogP contribution is -2.34. The van der Waals surface area contributed by atoms with Crippen molar-refractivity contribution in [3.63, 3.8) is 0 Å². The Labute approximate surface area is 258 Å². The number of rotatable bonds is 11. The van der Waals surface area contributed by atoms with Crippen LogP contribution in [0.4, 0.5) is 0 Å². The lowest BCUT2D eigenvalue weighted by atomic mass is 9.72. The van der Waals surface area contributed by atoms with Crippen LogP contribution in [0.25, 0.3) is 0 Å². The van der Waals surface area contributed by atoms with Gasteiger partial charge in [-0.25, -0.2) is 9.59 Å². The van der Waals surface area contributed by atoms with Gasteiger partial charge in [0.2, 0.25) is 0 Å². The second-order valence-corrected chi connectivity index (χ2v) is 12.3. The number of phenols is 2. The SMILES string of the molecule is CCCc1c(Br)cc(O)c(C2(c3c(O)cc(Br)c(CCC)c3CCC)OC(=O)c3ccc(C(=O)O)cc32)c1CCC. The molecule has 0 fully saturated rings. The highest BCUT2D eigenvalue weighted by Gasteiger charge is 2.54. The first-order valence-corrected chi connectivity index (χ1v) is 15.8. The highest BCUT2D eigenvalue weighted by Crippen LogP contribution is 2.56. The van der Waals surface area contributed by atoms with Gasteiger partial charge in [0.05, 0.1) is 22.3 Å². The first kappa shape index (κ1) is 31.1. The lowest BCUT2D eigenvalue weighted by molar-refractivity contribution is 0.0234. The molecular formula is C33H36Br2O6. The first-order chi connectivity index (χ1) is 19.6. The zero-order chi connectivity index (χ0) is 30.1. The summed E-state index contributed by atoms with van der Waals surface area (Å²) < 4.78 is 7.93. The fourth-order valence-electron chi connectivity index (χ4n) is 6.23. The fourth-order valence-corrected chi connectivity index (χ4v) is 7.54. The van der Waals surface area contributed by atoms with E-state index in [1.807, 2.05) is 13.8 Å². The van der Waals surface area contributed by atoms with Crippen molar-refractivity contribution in [3.05, 3.63) is 89.3 Å². The molecule has 0 saturated heterocycles. The molecule has 218 valence electrons. The van der Waals surface area contributed by atoms with Gasteiger partial charge in [-0.3, -0.25) is 0 Å². The van der Waals surface area contributed by atoms with E-state index in [0.717, 1.165) is 56.9 Å². The molecule has 0 radical (unpaired) electrons. The molecule has 3 N–H and O–H groups in total. The highest BCUT2D eigenvalue weighted by atomic mass is 79.9. The van der Waals surface area contributed by atoms with Crippen LogP contribution in [0.1, 0.15) is 113 Å². The molecular weight excluding hydrogens is 652 g/mol. The van der Waals surface area contributed by atoms with Gasteiger partial charge in [-0.2, -0.15) is 0 Å². The number of carbonyl (C=O) groups excluding carboxylic acids is 1. The van der Waals surface area contributed by atoms with Crippen molar-refractivity contribution in [1.82, 2.24) is 0 Å². The summed E-state index contributed by atoms with van der Waals surface area (Å²) in [5.74, 6) is -1.98. The average Bonchev–Trinajstić information content (AvgIpc) is 3.20. The van der Waals surface area contributed by atoms with E-state index in [9.17, 15) is 24.9 Å². The van der Waals surface area contributed by atoms with Gasteiger partial charge in [-0.1, -0.05) is 85.2 Å². The minimum atomic E-state index is -1.77. The van der Waals surface area contributed by atoms with E-state index in [4.69, 9.17) is 4.74 Å². The molecule has 1 aliphatic rings. The van der Waals surface area contributed by atoms with Gasteiger partial charge < -0.3 is 20.1 Å². The minimum absolute atomic E-state index is 0.0173. The van der Waals surface area contributed by atoms with Crippen LogP contribution in [0, 0.1) is 0 Å². The zero-order valence-electron chi connectivity index (χ0n) is 23.9. The summed E-state index contributed by atoms with van der Waals surface area (Å²) in [6, 6.07) is 7.54. The number of aromatic hydroxyl groups is 2. The number of halogens is 2. The van der Waals surface area contributed by atoms with Crippen LogP contribution in [-0.4, -0.2) is 27.3 Å². The molecule has 4 rings (SSSR count). The predicted molar refractivity (Wildman–Crippen MR) is 166 cm³/mol. The number of hydrogen-bond donors (Lipinski definition) is 3. The number of ether oxygens (including phenoxy) is 1. The number of cyclic esters (lactones) is 1. The molecule has 1 heterocycles. The Bertz CT molecular complexity index is 1440. The monoisotopic (exact) mass is 686 g/mol. The Hall–Kier alpha value is -2.84. The van der Waals surface area contributed by atoms with Gasteiger partial charge in [0.25, 0.3) is 0 Å². The number of benzene rings is 3. The molecule has 41 heavy (non-hydrogen) atoms. The molecule has 0 bridgehead atoms. The molecule has 0 aliphatic carbocycles. The van der Waals surface area contributed by atoms with E-state index >= 15 is 0 Å². The number of hydrogen-bond acceptors (Lipinski definition) is 5.